The molecule has 6 heteroatoms. The number of aromatic nitrogens is 1. The number of anilines is 2. The number of methoxy groups -OCH3 is 1. The van der Waals surface area contributed by atoms with Gasteiger partial charge in [-0.25, -0.2) is 4.98 Å². The summed E-state index contributed by atoms with van der Waals surface area (Å²) in [5.74, 6) is 0.599. The summed E-state index contributed by atoms with van der Waals surface area (Å²) in [6.45, 7) is 0.476. The zero-order valence-corrected chi connectivity index (χ0v) is 11.1. The molecule has 0 fully saturated rings. The first-order chi connectivity index (χ1) is 9.61. The molecule has 0 radical (unpaired) electrons. The third kappa shape index (κ3) is 2.97. The van der Waals surface area contributed by atoms with Gasteiger partial charge in [0.2, 0.25) is 0 Å². The van der Waals surface area contributed by atoms with E-state index in [1.165, 1.54) is 6.07 Å². The maximum absolute atomic E-state index is 11.1. The summed E-state index contributed by atoms with van der Waals surface area (Å²) in [6.07, 6.45) is 0. The number of amides is 1. The van der Waals surface area contributed by atoms with E-state index < -0.39 is 5.91 Å². The van der Waals surface area contributed by atoms with E-state index in [4.69, 9.17) is 16.2 Å². The number of hydrogen-bond acceptors (Lipinski definition) is 5. The fourth-order valence-corrected chi connectivity index (χ4v) is 1.78. The first-order valence-corrected chi connectivity index (χ1v) is 6.04. The number of nitrogen functional groups attached to an aromatic ring is 1. The number of ether oxygens (including phenoxy) is 1. The van der Waals surface area contributed by atoms with Gasteiger partial charge in [-0.3, -0.25) is 4.79 Å². The number of carbonyl (C=O) groups is 1. The highest BCUT2D eigenvalue weighted by Crippen LogP contribution is 2.21. The van der Waals surface area contributed by atoms with Crippen LogP contribution in [0, 0.1) is 0 Å². The smallest absolute Gasteiger partial charge is 0.267 e. The Morgan fingerprint density at radius 3 is 2.75 bits per heavy atom. The SMILES string of the molecule is COc1ccccc1CNc1nc(C(N)=O)ccc1N. The van der Waals surface area contributed by atoms with E-state index in [9.17, 15) is 4.79 Å². The summed E-state index contributed by atoms with van der Waals surface area (Å²) in [6, 6.07) is 10.7. The minimum atomic E-state index is -0.592. The predicted octanol–water partition coefficient (Wildman–Crippen LogP) is 1.38. The van der Waals surface area contributed by atoms with E-state index in [-0.39, 0.29) is 5.69 Å². The third-order valence-electron chi connectivity index (χ3n) is 2.82. The Labute approximate surface area is 116 Å². The summed E-state index contributed by atoms with van der Waals surface area (Å²) < 4.78 is 5.26. The number of rotatable bonds is 5. The van der Waals surface area contributed by atoms with Gasteiger partial charge in [-0.05, 0) is 18.2 Å². The zero-order chi connectivity index (χ0) is 14.5. The van der Waals surface area contributed by atoms with Gasteiger partial charge in [0.25, 0.3) is 5.91 Å². The van der Waals surface area contributed by atoms with E-state index in [0.29, 0.717) is 18.1 Å². The molecule has 0 aliphatic rings. The van der Waals surface area contributed by atoms with Crippen LogP contribution in [0.5, 0.6) is 5.75 Å². The molecule has 0 saturated carbocycles. The van der Waals surface area contributed by atoms with E-state index >= 15 is 0 Å². The molecule has 0 aliphatic heterocycles. The summed E-state index contributed by atoms with van der Waals surface area (Å²) in [5, 5.41) is 3.08. The second-order valence-corrected chi connectivity index (χ2v) is 4.16. The van der Waals surface area contributed by atoms with Crippen molar-refractivity contribution in [2.45, 2.75) is 6.54 Å². The number of para-hydroxylation sites is 1. The lowest BCUT2D eigenvalue weighted by Crippen LogP contribution is -2.15. The molecule has 104 valence electrons. The van der Waals surface area contributed by atoms with Crippen molar-refractivity contribution >= 4 is 17.4 Å². The Morgan fingerprint density at radius 1 is 1.30 bits per heavy atom. The number of benzene rings is 1. The summed E-state index contributed by atoms with van der Waals surface area (Å²) in [4.78, 5) is 15.2. The van der Waals surface area contributed by atoms with Gasteiger partial charge in [0.05, 0.1) is 12.8 Å². The van der Waals surface area contributed by atoms with Gasteiger partial charge in [-0.15, -0.1) is 0 Å². The van der Waals surface area contributed by atoms with Gasteiger partial charge in [0.15, 0.2) is 0 Å². The molecule has 0 spiro atoms. The van der Waals surface area contributed by atoms with Gasteiger partial charge in [0, 0.05) is 12.1 Å². The minimum absolute atomic E-state index is 0.168. The minimum Gasteiger partial charge on any atom is -0.496 e. The lowest BCUT2D eigenvalue weighted by molar-refractivity contribution is 0.0996. The van der Waals surface area contributed by atoms with Crippen LogP contribution in [-0.4, -0.2) is 18.0 Å². The molecule has 2 aromatic rings. The number of nitrogens with one attached hydrogen (secondary N) is 1. The first-order valence-electron chi connectivity index (χ1n) is 6.04. The van der Waals surface area contributed by atoms with Crippen LogP contribution >= 0.6 is 0 Å². The Hall–Kier alpha value is -2.76. The average molecular weight is 272 g/mol. The summed E-state index contributed by atoms with van der Waals surface area (Å²) in [7, 11) is 1.61. The third-order valence-corrected chi connectivity index (χ3v) is 2.82. The number of hydrogen-bond donors (Lipinski definition) is 3. The van der Waals surface area contributed by atoms with Crippen LogP contribution in [-0.2, 0) is 6.54 Å². The highest BCUT2D eigenvalue weighted by Gasteiger charge is 2.08. The Kier molecular flexibility index (Phi) is 4.05. The molecule has 0 aliphatic carbocycles. The van der Waals surface area contributed by atoms with Crippen molar-refractivity contribution in [1.29, 1.82) is 0 Å². The summed E-state index contributed by atoms with van der Waals surface area (Å²) >= 11 is 0. The van der Waals surface area contributed by atoms with Gasteiger partial charge >= 0.3 is 0 Å². The number of nitrogens with zero attached hydrogens (tertiary/aromatic N) is 1. The quantitative estimate of drug-likeness (QED) is 0.763. The van der Waals surface area contributed by atoms with E-state index in [2.05, 4.69) is 10.3 Å². The second-order valence-electron chi connectivity index (χ2n) is 4.16. The van der Waals surface area contributed by atoms with Crippen LogP contribution in [0.25, 0.3) is 0 Å². The second kappa shape index (κ2) is 5.92. The van der Waals surface area contributed by atoms with Crippen LogP contribution in [0.3, 0.4) is 0 Å². The largest absolute Gasteiger partial charge is 0.496 e. The molecule has 5 N–H and O–H groups in total. The van der Waals surface area contributed by atoms with Crippen molar-refractivity contribution < 1.29 is 9.53 Å². The Bertz CT molecular complexity index is 628. The number of primary amides is 1. The maximum atomic E-state index is 11.1. The van der Waals surface area contributed by atoms with Crippen LogP contribution in [0.15, 0.2) is 36.4 Å². The molecule has 0 unspecified atom stereocenters. The topological polar surface area (TPSA) is 103 Å². The molecule has 2 rings (SSSR count). The van der Waals surface area contributed by atoms with Gasteiger partial charge in [-0.2, -0.15) is 0 Å². The Balaban J connectivity index is 2.18. The predicted molar refractivity (Wildman–Crippen MR) is 77.5 cm³/mol. The highest BCUT2D eigenvalue weighted by atomic mass is 16.5. The normalized spacial score (nSPS) is 10.1. The number of pyridine rings is 1. The van der Waals surface area contributed by atoms with E-state index in [1.807, 2.05) is 24.3 Å². The molecule has 0 atom stereocenters. The monoisotopic (exact) mass is 272 g/mol. The highest BCUT2D eigenvalue weighted by molar-refractivity contribution is 5.91. The standard InChI is InChI=1S/C14H16N4O2/c1-20-12-5-3-2-4-9(12)8-17-14-10(15)6-7-11(18-14)13(16)19/h2-7H,8,15H2,1H3,(H2,16,19)(H,17,18). The molecular weight excluding hydrogens is 256 g/mol. The lowest BCUT2D eigenvalue weighted by atomic mass is 10.2. The molecule has 1 aromatic heterocycles. The zero-order valence-electron chi connectivity index (χ0n) is 11.1. The van der Waals surface area contributed by atoms with Crippen molar-refractivity contribution in [1.82, 2.24) is 4.98 Å². The van der Waals surface area contributed by atoms with Crippen molar-refractivity contribution in [2.24, 2.45) is 5.73 Å². The van der Waals surface area contributed by atoms with Crippen molar-refractivity contribution in [2.75, 3.05) is 18.2 Å². The molecule has 6 nitrogen and oxygen atoms in total. The fourth-order valence-electron chi connectivity index (χ4n) is 1.78. The molecule has 0 bridgehead atoms. The van der Waals surface area contributed by atoms with Crippen molar-refractivity contribution in [3.63, 3.8) is 0 Å². The maximum Gasteiger partial charge on any atom is 0.267 e. The van der Waals surface area contributed by atoms with Crippen LogP contribution in [0.1, 0.15) is 16.1 Å². The van der Waals surface area contributed by atoms with Gasteiger partial charge < -0.3 is 21.5 Å². The van der Waals surface area contributed by atoms with Crippen molar-refractivity contribution in [3.05, 3.63) is 47.7 Å². The van der Waals surface area contributed by atoms with E-state index in [1.54, 1.807) is 13.2 Å². The van der Waals surface area contributed by atoms with Crippen LogP contribution in [0.4, 0.5) is 11.5 Å². The lowest BCUT2D eigenvalue weighted by Gasteiger charge is -2.11. The molecule has 1 aromatic carbocycles. The fraction of sp³-hybridized carbons (Fsp3) is 0.143. The number of carbonyl (C=O) groups excluding carboxylic acids is 1. The molecule has 0 saturated heterocycles. The average Bonchev–Trinajstić information content (AvgIpc) is 2.46. The Morgan fingerprint density at radius 2 is 2.05 bits per heavy atom. The molecular formula is C14H16N4O2. The molecule has 20 heavy (non-hydrogen) atoms. The first kappa shape index (κ1) is 13.7. The summed E-state index contributed by atoms with van der Waals surface area (Å²) in [5.41, 5.74) is 12.6. The molecule has 1 heterocycles. The van der Waals surface area contributed by atoms with Crippen LogP contribution < -0.4 is 21.5 Å². The van der Waals surface area contributed by atoms with E-state index in [0.717, 1.165) is 11.3 Å². The van der Waals surface area contributed by atoms with Crippen LogP contribution in [0.2, 0.25) is 0 Å². The van der Waals surface area contributed by atoms with Crippen molar-refractivity contribution in [3.8, 4) is 5.75 Å². The van der Waals surface area contributed by atoms with Gasteiger partial charge in [0.1, 0.15) is 17.3 Å². The molecule has 1 amide bonds. The number of nitrogens with two attached hydrogens (primary N) is 2. The van der Waals surface area contributed by atoms with Gasteiger partial charge in [-0.1, -0.05) is 18.2 Å².